The Hall–Kier alpha value is -2.15. The molecular formula is C23H33FN4O2. The molecule has 2 spiro atoms. The molecule has 3 heterocycles. The zero-order valence-electron chi connectivity index (χ0n) is 18.3. The van der Waals surface area contributed by atoms with E-state index in [-0.39, 0.29) is 28.6 Å². The molecule has 1 aromatic carbocycles. The minimum absolute atomic E-state index is 0.0591. The molecule has 3 aliphatic rings. The maximum atomic E-state index is 13.3. The molecule has 3 fully saturated rings. The summed E-state index contributed by atoms with van der Waals surface area (Å²) in [5.74, 6) is 0.530. The van der Waals surface area contributed by atoms with Crippen LogP contribution < -0.4 is 5.32 Å². The maximum absolute atomic E-state index is 13.3. The van der Waals surface area contributed by atoms with E-state index < -0.39 is 0 Å². The molecule has 3 saturated heterocycles. The normalized spacial score (nSPS) is 26.4. The minimum atomic E-state index is -0.323. The van der Waals surface area contributed by atoms with Crippen molar-refractivity contribution in [1.29, 1.82) is 0 Å². The highest BCUT2D eigenvalue weighted by atomic mass is 19.1. The number of nitrogens with one attached hydrogen (secondary N) is 1. The number of piperidine rings is 1. The predicted molar refractivity (Wildman–Crippen MR) is 115 cm³/mol. The number of anilines is 1. The van der Waals surface area contributed by atoms with E-state index in [0.29, 0.717) is 24.7 Å². The molecule has 4 rings (SSSR count). The Labute approximate surface area is 178 Å². The summed E-state index contributed by atoms with van der Waals surface area (Å²) in [6, 6.07) is 5.67. The fourth-order valence-corrected chi connectivity index (χ4v) is 5.91. The molecule has 1 unspecified atom stereocenters. The topological polar surface area (TPSA) is 55.9 Å². The molecule has 0 aromatic heterocycles. The molecule has 1 atom stereocenters. The van der Waals surface area contributed by atoms with E-state index in [9.17, 15) is 14.0 Å². The number of carbonyl (C=O) groups is 2. The van der Waals surface area contributed by atoms with Crippen LogP contribution in [0.25, 0.3) is 0 Å². The van der Waals surface area contributed by atoms with Crippen LogP contribution in [0.3, 0.4) is 0 Å². The number of fused-ring (bicyclic) bond motifs is 1. The van der Waals surface area contributed by atoms with Gasteiger partial charge in [0.15, 0.2) is 0 Å². The first-order valence-electron chi connectivity index (χ1n) is 11.0. The van der Waals surface area contributed by atoms with Crippen molar-refractivity contribution in [3.8, 4) is 0 Å². The summed E-state index contributed by atoms with van der Waals surface area (Å²) in [7, 11) is 1.92. The zero-order valence-corrected chi connectivity index (χ0v) is 18.3. The van der Waals surface area contributed by atoms with Gasteiger partial charge in [0.25, 0.3) is 0 Å². The molecular weight excluding hydrogens is 383 g/mol. The Balaban J connectivity index is 1.47. The summed E-state index contributed by atoms with van der Waals surface area (Å²) in [5.41, 5.74) is 0.224. The van der Waals surface area contributed by atoms with Crippen LogP contribution in [0.1, 0.15) is 33.1 Å². The number of amides is 3. The molecule has 6 nitrogen and oxygen atoms in total. The van der Waals surface area contributed by atoms with Crippen LogP contribution in [0.2, 0.25) is 0 Å². The summed E-state index contributed by atoms with van der Waals surface area (Å²) >= 11 is 0. The Morgan fingerprint density at radius 3 is 2.33 bits per heavy atom. The quantitative estimate of drug-likeness (QED) is 0.823. The lowest BCUT2D eigenvalue weighted by Gasteiger charge is -2.46. The number of nitrogens with zero attached hydrogens (tertiary/aromatic N) is 3. The van der Waals surface area contributed by atoms with Crippen molar-refractivity contribution < 1.29 is 14.0 Å². The van der Waals surface area contributed by atoms with Gasteiger partial charge in [-0.3, -0.25) is 4.79 Å². The first-order valence-corrected chi connectivity index (χ1v) is 11.0. The smallest absolute Gasteiger partial charge is 0.321 e. The van der Waals surface area contributed by atoms with E-state index in [1.165, 1.54) is 12.1 Å². The molecule has 0 aliphatic carbocycles. The third kappa shape index (κ3) is 3.57. The van der Waals surface area contributed by atoms with Gasteiger partial charge < -0.3 is 20.0 Å². The highest BCUT2D eigenvalue weighted by Crippen LogP contribution is 2.57. The molecule has 30 heavy (non-hydrogen) atoms. The minimum Gasteiger partial charge on any atom is -0.345 e. The first-order chi connectivity index (χ1) is 14.2. The molecule has 164 valence electrons. The zero-order chi connectivity index (χ0) is 21.5. The number of hydrogen-bond donors (Lipinski definition) is 1. The van der Waals surface area contributed by atoms with Crippen LogP contribution in [0.15, 0.2) is 24.3 Å². The van der Waals surface area contributed by atoms with E-state index in [1.807, 2.05) is 16.8 Å². The second-order valence-electron chi connectivity index (χ2n) is 9.83. The van der Waals surface area contributed by atoms with E-state index >= 15 is 0 Å². The fraction of sp³-hybridized carbons (Fsp3) is 0.652. The lowest BCUT2D eigenvalue weighted by Crippen LogP contribution is -2.54. The summed E-state index contributed by atoms with van der Waals surface area (Å²) in [6.45, 7) is 9.35. The highest BCUT2D eigenvalue weighted by Gasteiger charge is 2.64. The molecule has 3 amide bonds. The van der Waals surface area contributed by atoms with E-state index in [0.717, 1.165) is 45.4 Å². The third-order valence-corrected chi connectivity index (χ3v) is 7.39. The van der Waals surface area contributed by atoms with E-state index in [1.54, 1.807) is 12.1 Å². The van der Waals surface area contributed by atoms with Gasteiger partial charge in [-0.15, -0.1) is 0 Å². The van der Waals surface area contributed by atoms with Crippen molar-refractivity contribution in [2.24, 2.45) is 16.7 Å². The van der Waals surface area contributed by atoms with Gasteiger partial charge in [-0.05, 0) is 49.4 Å². The van der Waals surface area contributed by atoms with Gasteiger partial charge in [0.05, 0.1) is 5.41 Å². The third-order valence-electron chi connectivity index (χ3n) is 7.39. The molecule has 3 aliphatic heterocycles. The Bertz CT molecular complexity index is 804. The number of likely N-dealkylation sites (tertiary alicyclic amines) is 3. The summed E-state index contributed by atoms with van der Waals surface area (Å²) in [5, 5.41) is 2.86. The molecule has 0 radical (unpaired) electrons. The van der Waals surface area contributed by atoms with Gasteiger partial charge in [-0.25, -0.2) is 9.18 Å². The Kier molecular flexibility index (Phi) is 5.51. The van der Waals surface area contributed by atoms with Crippen LogP contribution in [0.5, 0.6) is 0 Å². The van der Waals surface area contributed by atoms with Gasteiger partial charge in [0.1, 0.15) is 5.82 Å². The SMILES string of the molecule is CC(C)CN1CC2(CCN(C(=O)Nc3ccc(F)cc3)CC2)C2(CCN(C)C2=O)C1. The number of benzene rings is 1. The lowest BCUT2D eigenvalue weighted by molar-refractivity contribution is -0.141. The standard InChI is InChI=1S/C23H33FN4O2/c1-17(2)14-27-15-22(23(16-27)10-11-26(3)20(23)29)8-12-28(13-9-22)21(30)25-19-6-4-18(24)5-7-19/h4-7,17H,8-16H2,1-3H3,(H,25,30). The molecule has 0 saturated carbocycles. The molecule has 1 aromatic rings. The number of urea groups is 1. The molecule has 7 heteroatoms. The van der Waals surface area contributed by atoms with Crippen molar-refractivity contribution in [2.45, 2.75) is 33.1 Å². The monoisotopic (exact) mass is 416 g/mol. The van der Waals surface area contributed by atoms with Crippen molar-refractivity contribution in [2.75, 3.05) is 51.6 Å². The van der Waals surface area contributed by atoms with Gasteiger partial charge in [0, 0.05) is 57.4 Å². The van der Waals surface area contributed by atoms with Crippen LogP contribution >= 0.6 is 0 Å². The Morgan fingerprint density at radius 1 is 1.10 bits per heavy atom. The Morgan fingerprint density at radius 2 is 1.77 bits per heavy atom. The van der Waals surface area contributed by atoms with Crippen molar-refractivity contribution in [3.63, 3.8) is 0 Å². The fourth-order valence-electron chi connectivity index (χ4n) is 5.91. The second-order valence-corrected chi connectivity index (χ2v) is 9.83. The number of hydrogen-bond acceptors (Lipinski definition) is 3. The second kappa shape index (κ2) is 7.84. The van der Waals surface area contributed by atoms with Gasteiger partial charge >= 0.3 is 6.03 Å². The summed E-state index contributed by atoms with van der Waals surface area (Å²) < 4.78 is 13.1. The van der Waals surface area contributed by atoms with Crippen LogP contribution in [-0.4, -0.2) is 73.0 Å². The average molecular weight is 417 g/mol. The summed E-state index contributed by atoms with van der Waals surface area (Å²) in [6.07, 6.45) is 2.61. The highest BCUT2D eigenvalue weighted by molar-refractivity contribution is 5.89. The first kappa shape index (κ1) is 21.1. The number of halogens is 1. The number of carbonyl (C=O) groups excluding carboxylic acids is 2. The summed E-state index contributed by atoms with van der Waals surface area (Å²) in [4.78, 5) is 32.2. The van der Waals surface area contributed by atoms with E-state index in [4.69, 9.17) is 0 Å². The number of rotatable bonds is 3. The molecule has 0 bridgehead atoms. The van der Waals surface area contributed by atoms with Gasteiger partial charge in [-0.1, -0.05) is 13.8 Å². The van der Waals surface area contributed by atoms with Crippen molar-refractivity contribution >= 4 is 17.6 Å². The predicted octanol–water partition coefficient (Wildman–Crippen LogP) is 3.26. The van der Waals surface area contributed by atoms with Crippen LogP contribution in [0.4, 0.5) is 14.9 Å². The van der Waals surface area contributed by atoms with Crippen molar-refractivity contribution in [3.05, 3.63) is 30.1 Å². The average Bonchev–Trinajstić information content (AvgIpc) is 3.15. The van der Waals surface area contributed by atoms with Crippen molar-refractivity contribution in [1.82, 2.24) is 14.7 Å². The van der Waals surface area contributed by atoms with Crippen LogP contribution in [0, 0.1) is 22.6 Å². The maximum Gasteiger partial charge on any atom is 0.321 e. The largest absolute Gasteiger partial charge is 0.345 e. The van der Waals surface area contributed by atoms with E-state index in [2.05, 4.69) is 24.1 Å². The van der Waals surface area contributed by atoms with Crippen LogP contribution in [-0.2, 0) is 4.79 Å². The van der Waals surface area contributed by atoms with Gasteiger partial charge in [-0.2, -0.15) is 0 Å². The van der Waals surface area contributed by atoms with Gasteiger partial charge in [0.2, 0.25) is 5.91 Å². The lowest BCUT2D eigenvalue weighted by atomic mass is 9.60. The molecule has 1 N–H and O–H groups in total.